The van der Waals surface area contributed by atoms with E-state index in [0.29, 0.717) is 16.6 Å². The molecule has 18 heavy (non-hydrogen) atoms. The number of aliphatic hydroxyl groups excluding tert-OH is 1. The van der Waals surface area contributed by atoms with Gasteiger partial charge in [-0.15, -0.1) is 0 Å². The number of hydrogen-bond acceptors (Lipinski definition) is 4. The molecule has 4 nitrogen and oxygen atoms in total. The van der Waals surface area contributed by atoms with Crippen molar-refractivity contribution in [2.75, 3.05) is 13.1 Å². The Morgan fingerprint density at radius 2 is 2.06 bits per heavy atom. The minimum absolute atomic E-state index is 0.187. The number of aldehydes is 1. The average Bonchev–Trinajstić information content (AvgIpc) is 2.37. The molecule has 2 N–H and O–H groups in total. The van der Waals surface area contributed by atoms with Crippen molar-refractivity contribution >= 4 is 22.2 Å². The summed E-state index contributed by atoms with van der Waals surface area (Å²) in [4.78, 5) is 13.0. The molecule has 5 heteroatoms. The number of phenols is 1. The van der Waals surface area contributed by atoms with Gasteiger partial charge in [-0.25, -0.2) is 0 Å². The highest BCUT2D eigenvalue weighted by atomic mass is 79.9. The van der Waals surface area contributed by atoms with E-state index in [0.717, 1.165) is 37.8 Å². The van der Waals surface area contributed by atoms with Gasteiger partial charge in [0.2, 0.25) is 0 Å². The highest BCUT2D eigenvalue weighted by molar-refractivity contribution is 9.10. The van der Waals surface area contributed by atoms with Crippen molar-refractivity contribution in [2.24, 2.45) is 0 Å². The Hall–Kier alpha value is -0.910. The van der Waals surface area contributed by atoms with Crippen LogP contribution in [0.25, 0.3) is 0 Å². The van der Waals surface area contributed by atoms with E-state index in [-0.39, 0.29) is 11.9 Å². The number of hydrogen-bond donors (Lipinski definition) is 2. The molecular weight excluding hydrogens is 298 g/mol. The molecule has 0 atom stereocenters. The van der Waals surface area contributed by atoms with Crippen LogP contribution in [-0.4, -0.2) is 40.6 Å². The summed E-state index contributed by atoms with van der Waals surface area (Å²) >= 11 is 3.24. The van der Waals surface area contributed by atoms with Crippen LogP contribution in [0.1, 0.15) is 28.8 Å². The summed E-state index contributed by atoms with van der Waals surface area (Å²) in [5.74, 6) is 0.187. The van der Waals surface area contributed by atoms with Gasteiger partial charge in [0.1, 0.15) is 12.0 Å². The topological polar surface area (TPSA) is 60.8 Å². The van der Waals surface area contributed by atoms with Crippen LogP contribution < -0.4 is 0 Å². The van der Waals surface area contributed by atoms with E-state index in [1.165, 1.54) is 0 Å². The molecule has 2 rings (SSSR count). The monoisotopic (exact) mass is 313 g/mol. The van der Waals surface area contributed by atoms with Crippen molar-refractivity contribution in [3.8, 4) is 5.75 Å². The number of benzene rings is 1. The molecule has 1 aromatic carbocycles. The van der Waals surface area contributed by atoms with Crippen molar-refractivity contribution < 1.29 is 15.0 Å². The van der Waals surface area contributed by atoms with Crippen molar-refractivity contribution in [1.82, 2.24) is 4.90 Å². The van der Waals surface area contributed by atoms with Crippen molar-refractivity contribution in [3.05, 3.63) is 27.7 Å². The number of phenolic OH excluding ortho intramolecular Hbond substituents is 1. The molecule has 0 saturated carbocycles. The van der Waals surface area contributed by atoms with E-state index >= 15 is 0 Å². The first-order valence-electron chi connectivity index (χ1n) is 5.97. The minimum atomic E-state index is -0.206. The van der Waals surface area contributed by atoms with Crippen LogP contribution in [0.15, 0.2) is 16.6 Å². The molecule has 0 aromatic heterocycles. The van der Waals surface area contributed by atoms with E-state index in [2.05, 4.69) is 20.8 Å². The average molecular weight is 314 g/mol. The third kappa shape index (κ3) is 3.10. The first kappa shape index (κ1) is 13.5. The summed E-state index contributed by atoms with van der Waals surface area (Å²) in [6, 6.07) is 3.31. The van der Waals surface area contributed by atoms with Gasteiger partial charge >= 0.3 is 0 Å². The number of nitrogens with zero attached hydrogens (tertiary/aromatic N) is 1. The number of piperidine rings is 1. The van der Waals surface area contributed by atoms with Gasteiger partial charge in [0, 0.05) is 30.8 Å². The lowest BCUT2D eigenvalue weighted by atomic mass is 10.1. The summed E-state index contributed by atoms with van der Waals surface area (Å²) in [6.07, 6.45) is 2.08. The van der Waals surface area contributed by atoms with Crippen LogP contribution in [0.4, 0.5) is 0 Å². The zero-order chi connectivity index (χ0) is 13.1. The van der Waals surface area contributed by atoms with Crippen LogP contribution in [-0.2, 0) is 6.54 Å². The number of halogens is 1. The molecule has 0 spiro atoms. The van der Waals surface area contributed by atoms with Crippen LogP contribution in [0.3, 0.4) is 0 Å². The van der Waals surface area contributed by atoms with E-state index in [1.54, 1.807) is 12.1 Å². The predicted octanol–water partition coefficient (Wildman–Crippen LogP) is 1.92. The van der Waals surface area contributed by atoms with E-state index in [1.807, 2.05) is 0 Å². The van der Waals surface area contributed by atoms with Gasteiger partial charge in [-0.05, 0) is 40.9 Å². The fourth-order valence-corrected chi connectivity index (χ4v) is 2.71. The van der Waals surface area contributed by atoms with Gasteiger partial charge < -0.3 is 10.2 Å². The standard InChI is InChI=1S/C13H16BrNO3/c14-12-6-9(8-16)5-10(13(12)18)7-15-3-1-11(17)2-4-15/h5-6,8,11,17-18H,1-4,7H2. The van der Waals surface area contributed by atoms with E-state index in [9.17, 15) is 15.0 Å². The molecule has 1 aliphatic rings. The molecule has 0 unspecified atom stereocenters. The largest absolute Gasteiger partial charge is 0.506 e. The van der Waals surface area contributed by atoms with E-state index in [4.69, 9.17) is 0 Å². The van der Waals surface area contributed by atoms with Gasteiger partial charge in [0.15, 0.2) is 0 Å². The van der Waals surface area contributed by atoms with Crippen LogP contribution in [0.5, 0.6) is 5.75 Å². The maximum absolute atomic E-state index is 10.8. The van der Waals surface area contributed by atoms with Crippen molar-refractivity contribution in [3.63, 3.8) is 0 Å². The van der Waals surface area contributed by atoms with E-state index < -0.39 is 0 Å². The Bertz CT molecular complexity index is 442. The Morgan fingerprint density at radius 1 is 1.39 bits per heavy atom. The predicted molar refractivity (Wildman–Crippen MR) is 71.7 cm³/mol. The Kier molecular flexibility index (Phi) is 4.37. The number of carbonyl (C=O) groups is 1. The molecule has 0 radical (unpaired) electrons. The number of carbonyl (C=O) groups excluding carboxylic acids is 1. The molecule has 1 aliphatic heterocycles. The fraction of sp³-hybridized carbons (Fsp3) is 0.462. The zero-order valence-electron chi connectivity index (χ0n) is 9.97. The lowest BCUT2D eigenvalue weighted by Crippen LogP contribution is -2.35. The Morgan fingerprint density at radius 3 is 2.67 bits per heavy atom. The van der Waals surface area contributed by atoms with Crippen LogP contribution in [0.2, 0.25) is 0 Å². The zero-order valence-corrected chi connectivity index (χ0v) is 11.6. The summed E-state index contributed by atoms with van der Waals surface area (Å²) in [5, 5.41) is 19.4. The van der Waals surface area contributed by atoms with Gasteiger partial charge in [-0.3, -0.25) is 9.69 Å². The quantitative estimate of drug-likeness (QED) is 0.837. The summed E-state index contributed by atoms with van der Waals surface area (Å²) in [6.45, 7) is 2.21. The highest BCUT2D eigenvalue weighted by Gasteiger charge is 2.18. The molecule has 0 bridgehead atoms. The SMILES string of the molecule is O=Cc1cc(Br)c(O)c(CN2CCC(O)CC2)c1. The van der Waals surface area contributed by atoms with Crippen LogP contribution in [0, 0.1) is 0 Å². The summed E-state index contributed by atoms with van der Waals surface area (Å²) in [5.41, 5.74) is 1.29. The Labute approximate surface area is 114 Å². The molecule has 98 valence electrons. The second kappa shape index (κ2) is 5.82. The second-order valence-corrected chi connectivity index (χ2v) is 5.49. The molecule has 1 saturated heterocycles. The molecule has 0 aliphatic carbocycles. The summed E-state index contributed by atoms with van der Waals surface area (Å²) in [7, 11) is 0. The maximum Gasteiger partial charge on any atom is 0.150 e. The highest BCUT2D eigenvalue weighted by Crippen LogP contribution is 2.30. The lowest BCUT2D eigenvalue weighted by Gasteiger charge is -2.29. The van der Waals surface area contributed by atoms with Gasteiger partial charge in [-0.2, -0.15) is 0 Å². The van der Waals surface area contributed by atoms with Crippen molar-refractivity contribution in [2.45, 2.75) is 25.5 Å². The minimum Gasteiger partial charge on any atom is -0.506 e. The number of aromatic hydroxyl groups is 1. The fourth-order valence-electron chi connectivity index (χ4n) is 2.19. The number of likely N-dealkylation sites (tertiary alicyclic amines) is 1. The third-order valence-corrected chi connectivity index (χ3v) is 3.86. The normalized spacial score (nSPS) is 17.9. The second-order valence-electron chi connectivity index (χ2n) is 4.64. The van der Waals surface area contributed by atoms with Crippen LogP contribution >= 0.6 is 15.9 Å². The molecule has 1 fully saturated rings. The van der Waals surface area contributed by atoms with Gasteiger partial charge in [0.25, 0.3) is 0 Å². The van der Waals surface area contributed by atoms with Gasteiger partial charge in [-0.1, -0.05) is 0 Å². The lowest BCUT2D eigenvalue weighted by molar-refractivity contribution is 0.0789. The van der Waals surface area contributed by atoms with Gasteiger partial charge in [0.05, 0.1) is 10.6 Å². The smallest absolute Gasteiger partial charge is 0.150 e. The first-order valence-corrected chi connectivity index (χ1v) is 6.76. The maximum atomic E-state index is 10.8. The molecule has 1 aromatic rings. The first-order chi connectivity index (χ1) is 8.60. The molecular formula is C13H16BrNO3. The Balaban J connectivity index is 2.13. The number of aliphatic hydroxyl groups is 1. The summed E-state index contributed by atoms with van der Waals surface area (Å²) < 4.78 is 0.541. The third-order valence-electron chi connectivity index (χ3n) is 3.25. The molecule has 1 heterocycles. The molecule has 0 amide bonds. The van der Waals surface area contributed by atoms with Crippen molar-refractivity contribution in [1.29, 1.82) is 0 Å². The number of rotatable bonds is 3.